The van der Waals surface area contributed by atoms with E-state index in [0.29, 0.717) is 26.1 Å². The van der Waals surface area contributed by atoms with Crippen molar-refractivity contribution in [1.29, 1.82) is 0 Å². The number of ether oxygens (including phenoxy) is 1. The molecule has 1 aliphatic heterocycles. The molecule has 1 saturated heterocycles. The minimum atomic E-state index is -0.0560. The second-order valence-electron chi connectivity index (χ2n) is 11.4. The number of carbonyl (C=O) groups excluding carboxylic acids is 2. The lowest BCUT2D eigenvalue weighted by Gasteiger charge is -2.31. The Kier molecular flexibility index (Phi) is 16.3. The van der Waals surface area contributed by atoms with Crippen LogP contribution in [0.4, 0.5) is 0 Å². The van der Waals surface area contributed by atoms with Crippen LogP contribution in [0.25, 0.3) is 0 Å². The van der Waals surface area contributed by atoms with Gasteiger partial charge < -0.3 is 19.0 Å². The molecule has 41 heavy (non-hydrogen) atoms. The minimum Gasteiger partial charge on any atom is -0.467 e. The van der Waals surface area contributed by atoms with Gasteiger partial charge in [-0.1, -0.05) is 101 Å². The molecule has 1 aromatic carbocycles. The zero-order chi connectivity index (χ0) is 29.0. The molecule has 0 N–H and O–H groups in total. The van der Waals surface area contributed by atoms with Gasteiger partial charge in [0.05, 0.1) is 32.6 Å². The number of hydrogen-bond acceptors (Lipinski definition) is 5. The van der Waals surface area contributed by atoms with Crippen molar-refractivity contribution in [3.8, 4) is 0 Å². The van der Waals surface area contributed by atoms with Crippen LogP contribution in [-0.4, -0.2) is 72.5 Å². The molecular weight excluding hydrogens is 514 g/mol. The largest absolute Gasteiger partial charge is 0.467 e. The molecule has 1 fully saturated rings. The van der Waals surface area contributed by atoms with Crippen LogP contribution in [0.15, 0.2) is 53.1 Å². The average molecular weight is 568 g/mol. The maximum absolute atomic E-state index is 13.7. The number of nitrogens with zero attached hydrogens (tertiary/aromatic N) is 3. The van der Waals surface area contributed by atoms with Gasteiger partial charge in [-0.05, 0) is 24.1 Å². The summed E-state index contributed by atoms with van der Waals surface area (Å²) in [5.74, 6) is 0.765. The van der Waals surface area contributed by atoms with Crippen molar-refractivity contribution >= 4 is 11.8 Å². The van der Waals surface area contributed by atoms with E-state index in [9.17, 15) is 9.59 Å². The fourth-order valence-electron chi connectivity index (χ4n) is 5.37. The first kappa shape index (κ1) is 32.9. The Morgan fingerprint density at radius 1 is 0.756 bits per heavy atom. The molecule has 228 valence electrons. The average Bonchev–Trinajstić information content (AvgIpc) is 3.52. The lowest BCUT2D eigenvalue weighted by molar-refractivity contribution is -0.141. The molecule has 1 aliphatic rings. The normalized spacial score (nSPS) is 13.8. The molecule has 1 aromatic heterocycles. The Bertz CT molecular complexity index is 944. The third-order valence-electron chi connectivity index (χ3n) is 7.96. The predicted octanol–water partition coefficient (Wildman–Crippen LogP) is 6.67. The zero-order valence-corrected chi connectivity index (χ0v) is 25.4. The third-order valence-corrected chi connectivity index (χ3v) is 7.96. The monoisotopic (exact) mass is 567 g/mol. The highest BCUT2D eigenvalue weighted by Crippen LogP contribution is 2.15. The molecule has 0 aliphatic carbocycles. The van der Waals surface area contributed by atoms with E-state index in [1.54, 1.807) is 16.1 Å². The Morgan fingerprint density at radius 2 is 1.41 bits per heavy atom. The first-order chi connectivity index (χ1) is 20.2. The Hall–Kier alpha value is -2.64. The van der Waals surface area contributed by atoms with Crippen LogP contribution in [0, 0.1) is 0 Å². The van der Waals surface area contributed by atoms with Gasteiger partial charge in [-0.15, -0.1) is 0 Å². The van der Waals surface area contributed by atoms with Crippen molar-refractivity contribution in [2.24, 2.45) is 0 Å². The van der Waals surface area contributed by atoms with Crippen molar-refractivity contribution in [3.63, 3.8) is 0 Å². The van der Waals surface area contributed by atoms with E-state index >= 15 is 0 Å². The summed E-state index contributed by atoms with van der Waals surface area (Å²) in [6.45, 7) is 7.71. The van der Waals surface area contributed by atoms with E-state index in [1.165, 1.54) is 57.8 Å². The maximum atomic E-state index is 13.7. The number of unbranched alkanes of at least 4 members (excludes halogenated alkanes) is 10. The standard InChI is InChI=1S/C34H53N3O4/c1-2-3-4-5-6-7-8-9-10-11-15-20-33(38)36(22-21-35-23-26-40-27-24-35)30-34(39)37(29-32-19-16-25-41-32)28-31-17-13-12-14-18-31/h12-14,16-19,25H,2-11,15,20-24,26-30H2,1H3. The fraction of sp³-hybridized carbons (Fsp3) is 0.647. The Balaban J connectivity index is 1.50. The smallest absolute Gasteiger partial charge is 0.242 e. The van der Waals surface area contributed by atoms with E-state index in [2.05, 4.69) is 11.8 Å². The topological polar surface area (TPSA) is 66.2 Å². The van der Waals surface area contributed by atoms with E-state index in [0.717, 1.165) is 57.0 Å². The summed E-state index contributed by atoms with van der Waals surface area (Å²) in [5.41, 5.74) is 1.06. The lowest BCUT2D eigenvalue weighted by atomic mass is 10.1. The summed E-state index contributed by atoms with van der Waals surface area (Å²) in [7, 11) is 0. The van der Waals surface area contributed by atoms with Crippen LogP contribution in [0.1, 0.15) is 95.3 Å². The quantitative estimate of drug-likeness (QED) is 0.158. The summed E-state index contributed by atoms with van der Waals surface area (Å²) < 4.78 is 11.0. The van der Waals surface area contributed by atoms with Crippen molar-refractivity contribution < 1.29 is 18.7 Å². The predicted molar refractivity (Wildman–Crippen MR) is 164 cm³/mol. The van der Waals surface area contributed by atoms with Crippen molar-refractivity contribution in [3.05, 3.63) is 60.1 Å². The molecule has 0 spiro atoms. The number of hydrogen-bond donors (Lipinski definition) is 0. The highest BCUT2D eigenvalue weighted by atomic mass is 16.5. The lowest BCUT2D eigenvalue weighted by Crippen LogP contribution is -2.47. The number of amides is 2. The molecule has 2 heterocycles. The van der Waals surface area contributed by atoms with Crippen LogP contribution in [0.3, 0.4) is 0 Å². The summed E-state index contributed by atoms with van der Waals surface area (Å²) in [4.78, 5) is 33.0. The third kappa shape index (κ3) is 13.7. The van der Waals surface area contributed by atoms with Crippen molar-refractivity contribution in [2.75, 3.05) is 45.9 Å². The van der Waals surface area contributed by atoms with Gasteiger partial charge in [0.2, 0.25) is 11.8 Å². The number of benzene rings is 1. The fourth-order valence-corrected chi connectivity index (χ4v) is 5.37. The van der Waals surface area contributed by atoms with Gasteiger partial charge in [-0.25, -0.2) is 0 Å². The Labute approximate surface area is 248 Å². The van der Waals surface area contributed by atoms with E-state index in [4.69, 9.17) is 9.15 Å². The van der Waals surface area contributed by atoms with Crippen LogP contribution >= 0.6 is 0 Å². The first-order valence-corrected chi connectivity index (χ1v) is 16.1. The molecule has 0 atom stereocenters. The van der Waals surface area contributed by atoms with Gasteiger partial charge in [0.15, 0.2) is 0 Å². The van der Waals surface area contributed by atoms with Crippen molar-refractivity contribution in [1.82, 2.24) is 14.7 Å². The maximum Gasteiger partial charge on any atom is 0.242 e. The second-order valence-corrected chi connectivity index (χ2v) is 11.4. The summed E-state index contributed by atoms with van der Waals surface area (Å²) >= 11 is 0. The molecule has 7 heteroatoms. The van der Waals surface area contributed by atoms with Crippen LogP contribution < -0.4 is 0 Å². The summed E-state index contributed by atoms with van der Waals surface area (Å²) in [5, 5.41) is 0. The number of furan rings is 1. The second kappa shape index (κ2) is 20.3. The van der Waals surface area contributed by atoms with Crippen LogP contribution in [0.5, 0.6) is 0 Å². The molecule has 0 unspecified atom stereocenters. The highest BCUT2D eigenvalue weighted by molar-refractivity contribution is 5.84. The van der Waals surface area contributed by atoms with Gasteiger partial charge in [-0.2, -0.15) is 0 Å². The first-order valence-electron chi connectivity index (χ1n) is 16.1. The SMILES string of the molecule is CCCCCCCCCCCCCC(=O)N(CCN1CCOCC1)CC(=O)N(Cc1ccccc1)Cc1ccco1. The van der Waals surface area contributed by atoms with Crippen LogP contribution in [-0.2, 0) is 27.4 Å². The molecule has 3 rings (SSSR count). The number of morpholine rings is 1. The van der Waals surface area contributed by atoms with Gasteiger partial charge in [0.25, 0.3) is 0 Å². The van der Waals surface area contributed by atoms with Gasteiger partial charge in [-0.3, -0.25) is 14.5 Å². The molecule has 7 nitrogen and oxygen atoms in total. The zero-order valence-electron chi connectivity index (χ0n) is 25.4. The Morgan fingerprint density at radius 3 is 2.05 bits per heavy atom. The minimum absolute atomic E-state index is 0.0560. The molecule has 0 saturated carbocycles. The van der Waals surface area contributed by atoms with Gasteiger partial charge >= 0.3 is 0 Å². The van der Waals surface area contributed by atoms with Crippen LogP contribution in [0.2, 0.25) is 0 Å². The van der Waals surface area contributed by atoms with E-state index in [-0.39, 0.29) is 18.4 Å². The van der Waals surface area contributed by atoms with Gasteiger partial charge in [0.1, 0.15) is 5.76 Å². The molecular formula is C34H53N3O4. The number of carbonyl (C=O) groups is 2. The highest BCUT2D eigenvalue weighted by Gasteiger charge is 2.23. The van der Waals surface area contributed by atoms with Crippen molar-refractivity contribution in [2.45, 2.75) is 97.1 Å². The van der Waals surface area contributed by atoms with E-state index < -0.39 is 0 Å². The molecule has 2 amide bonds. The van der Waals surface area contributed by atoms with E-state index in [1.807, 2.05) is 42.5 Å². The summed E-state index contributed by atoms with van der Waals surface area (Å²) in [6, 6.07) is 13.7. The van der Waals surface area contributed by atoms with Gasteiger partial charge in [0, 0.05) is 39.1 Å². The molecule has 0 bridgehead atoms. The summed E-state index contributed by atoms with van der Waals surface area (Å²) in [6.07, 6.45) is 15.9. The molecule has 2 aromatic rings. The molecule has 0 radical (unpaired) electrons. The number of rotatable bonds is 21.